The fourth-order valence-corrected chi connectivity index (χ4v) is 2.56. The monoisotopic (exact) mass is 418 g/mol. The highest BCUT2D eigenvalue weighted by atomic mass is 79.9. The molecule has 1 heterocycles. The van der Waals surface area contributed by atoms with E-state index in [9.17, 15) is 9.59 Å². The minimum atomic E-state index is -0.483. The third-order valence-electron chi connectivity index (χ3n) is 3.21. The fraction of sp³-hybridized carbons (Fsp3) is 0. The Morgan fingerprint density at radius 3 is 2.48 bits per heavy atom. The van der Waals surface area contributed by atoms with E-state index in [1.807, 2.05) is 6.07 Å². The highest BCUT2D eigenvalue weighted by molar-refractivity contribution is 9.10. The van der Waals surface area contributed by atoms with Crippen LogP contribution in [0.1, 0.15) is 10.5 Å². The van der Waals surface area contributed by atoms with Crippen LogP contribution in [-0.2, 0) is 0 Å². The van der Waals surface area contributed by atoms with Crippen molar-refractivity contribution in [3.63, 3.8) is 0 Å². The molecule has 1 aromatic heterocycles. The Hall–Kier alpha value is -2.64. The first-order valence-electron chi connectivity index (χ1n) is 7.21. The summed E-state index contributed by atoms with van der Waals surface area (Å²) in [6.45, 7) is 0. The summed E-state index contributed by atoms with van der Waals surface area (Å²) in [5, 5.41) is 9.95. The molecule has 0 saturated heterocycles. The van der Waals surface area contributed by atoms with Crippen LogP contribution in [0.4, 0.5) is 16.2 Å². The molecule has 6 nitrogen and oxygen atoms in total. The molecule has 25 heavy (non-hydrogen) atoms. The molecule has 0 radical (unpaired) electrons. The second kappa shape index (κ2) is 7.50. The zero-order valence-electron chi connectivity index (χ0n) is 12.7. The number of amides is 2. The second-order valence-corrected chi connectivity index (χ2v) is 6.40. The minimum Gasteiger partial charge on any atom is -0.321 e. The molecule has 0 atom stereocenters. The van der Waals surface area contributed by atoms with Crippen LogP contribution in [0.2, 0.25) is 5.02 Å². The van der Waals surface area contributed by atoms with E-state index in [-0.39, 0.29) is 5.69 Å². The number of anilines is 2. The molecule has 3 aromatic rings. The lowest BCUT2D eigenvalue weighted by Crippen LogP contribution is -2.21. The van der Waals surface area contributed by atoms with Gasteiger partial charge < -0.3 is 10.6 Å². The molecule has 0 saturated carbocycles. The van der Waals surface area contributed by atoms with Crippen molar-refractivity contribution in [1.82, 2.24) is 9.78 Å². The maximum Gasteiger partial charge on any atom is 0.346 e. The van der Waals surface area contributed by atoms with Gasteiger partial charge in [0.05, 0.1) is 0 Å². The van der Waals surface area contributed by atoms with Gasteiger partial charge in [0.15, 0.2) is 5.69 Å². The Kier molecular flexibility index (Phi) is 5.16. The van der Waals surface area contributed by atoms with Crippen LogP contribution in [0.25, 0.3) is 0 Å². The number of carbonyl (C=O) groups is 2. The summed E-state index contributed by atoms with van der Waals surface area (Å²) >= 11 is 9.14. The molecule has 0 spiro atoms. The van der Waals surface area contributed by atoms with Gasteiger partial charge in [-0.05, 0) is 48.5 Å². The standard InChI is InChI=1S/C17H12BrClN4O2/c18-11-2-1-3-14(10-11)20-16(24)15-8-9-23(22-15)17(25)21-13-6-4-12(19)5-7-13/h1-10H,(H,20,24)(H,21,25). The van der Waals surface area contributed by atoms with Crippen molar-refractivity contribution in [2.45, 2.75) is 0 Å². The number of nitrogens with zero attached hydrogens (tertiary/aromatic N) is 2. The van der Waals surface area contributed by atoms with Crippen molar-refractivity contribution in [2.75, 3.05) is 10.6 Å². The van der Waals surface area contributed by atoms with Crippen molar-refractivity contribution in [3.05, 3.63) is 76.0 Å². The van der Waals surface area contributed by atoms with E-state index in [1.165, 1.54) is 12.3 Å². The summed E-state index contributed by atoms with van der Waals surface area (Å²) in [5.74, 6) is -0.406. The molecule has 0 fully saturated rings. The predicted octanol–water partition coefficient (Wildman–Crippen LogP) is 4.63. The van der Waals surface area contributed by atoms with Crippen LogP contribution >= 0.6 is 27.5 Å². The molecule has 126 valence electrons. The predicted molar refractivity (Wildman–Crippen MR) is 100 cm³/mol. The number of aromatic nitrogens is 2. The van der Waals surface area contributed by atoms with Gasteiger partial charge >= 0.3 is 6.03 Å². The minimum absolute atomic E-state index is 0.131. The van der Waals surface area contributed by atoms with E-state index < -0.39 is 11.9 Å². The maximum atomic E-state index is 12.2. The lowest BCUT2D eigenvalue weighted by molar-refractivity contribution is 0.102. The Balaban J connectivity index is 1.67. The summed E-state index contributed by atoms with van der Waals surface area (Å²) in [5.41, 5.74) is 1.33. The first-order chi connectivity index (χ1) is 12.0. The number of halogens is 2. The molecule has 2 aromatic carbocycles. The van der Waals surface area contributed by atoms with Crippen LogP contribution in [0.5, 0.6) is 0 Å². The summed E-state index contributed by atoms with van der Waals surface area (Å²) in [4.78, 5) is 24.4. The Labute approximate surface area is 156 Å². The Morgan fingerprint density at radius 2 is 1.76 bits per heavy atom. The number of rotatable bonds is 3. The normalized spacial score (nSPS) is 10.3. The van der Waals surface area contributed by atoms with Gasteiger partial charge in [0.1, 0.15) is 0 Å². The topological polar surface area (TPSA) is 76.0 Å². The smallest absolute Gasteiger partial charge is 0.321 e. The lowest BCUT2D eigenvalue weighted by atomic mass is 10.3. The molecule has 0 unspecified atom stereocenters. The van der Waals surface area contributed by atoms with E-state index in [0.717, 1.165) is 9.15 Å². The van der Waals surface area contributed by atoms with Crippen LogP contribution in [-0.4, -0.2) is 21.7 Å². The number of nitrogens with one attached hydrogen (secondary N) is 2. The van der Waals surface area contributed by atoms with E-state index in [4.69, 9.17) is 11.6 Å². The number of hydrogen-bond donors (Lipinski definition) is 2. The Bertz CT molecular complexity index is 924. The van der Waals surface area contributed by atoms with Gasteiger partial charge in [0, 0.05) is 27.1 Å². The van der Waals surface area contributed by atoms with Gasteiger partial charge in [-0.2, -0.15) is 9.78 Å². The first kappa shape index (κ1) is 17.2. The molecule has 0 bridgehead atoms. The maximum absolute atomic E-state index is 12.2. The molecular weight excluding hydrogens is 408 g/mol. The van der Waals surface area contributed by atoms with Gasteiger partial charge in [-0.1, -0.05) is 33.6 Å². The third-order valence-corrected chi connectivity index (χ3v) is 3.95. The van der Waals surface area contributed by atoms with E-state index in [2.05, 4.69) is 31.7 Å². The average molecular weight is 420 g/mol. The van der Waals surface area contributed by atoms with Crippen LogP contribution in [0, 0.1) is 0 Å². The van der Waals surface area contributed by atoms with E-state index >= 15 is 0 Å². The van der Waals surface area contributed by atoms with Crippen molar-refractivity contribution in [1.29, 1.82) is 0 Å². The van der Waals surface area contributed by atoms with Crippen LogP contribution in [0.3, 0.4) is 0 Å². The van der Waals surface area contributed by atoms with Crippen molar-refractivity contribution >= 4 is 50.8 Å². The second-order valence-electron chi connectivity index (χ2n) is 5.05. The number of carbonyl (C=O) groups excluding carboxylic acids is 2. The van der Waals surface area contributed by atoms with Crippen LogP contribution < -0.4 is 10.6 Å². The summed E-state index contributed by atoms with van der Waals surface area (Å²) < 4.78 is 1.91. The van der Waals surface area contributed by atoms with Gasteiger partial charge in [-0.15, -0.1) is 0 Å². The van der Waals surface area contributed by atoms with Gasteiger partial charge in [-0.3, -0.25) is 4.79 Å². The molecule has 3 rings (SSSR count). The lowest BCUT2D eigenvalue weighted by Gasteiger charge is -2.05. The summed E-state index contributed by atoms with van der Waals surface area (Å²) in [7, 11) is 0. The molecular formula is C17H12BrClN4O2. The highest BCUT2D eigenvalue weighted by Crippen LogP contribution is 2.16. The molecule has 2 amide bonds. The average Bonchev–Trinajstić information content (AvgIpc) is 3.07. The van der Waals surface area contributed by atoms with E-state index in [0.29, 0.717) is 16.4 Å². The fourth-order valence-electron chi connectivity index (χ4n) is 2.03. The van der Waals surface area contributed by atoms with Crippen molar-refractivity contribution < 1.29 is 9.59 Å². The largest absolute Gasteiger partial charge is 0.346 e. The van der Waals surface area contributed by atoms with Crippen molar-refractivity contribution in [3.8, 4) is 0 Å². The molecule has 2 N–H and O–H groups in total. The zero-order valence-corrected chi connectivity index (χ0v) is 15.1. The zero-order chi connectivity index (χ0) is 17.8. The molecule has 0 aliphatic carbocycles. The molecule has 0 aliphatic heterocycles. The third kappa shape index (κ3) is 4.46. The number of benzene rings is 2. The highest BCUT2D eigenvalue weighted by Gasteiger charge is 2.13. The first-order valence-corrected chi connectivity index (χ1v) is 8.38. The summed E-state index contributed by atoms with van der Waals surface area (Å²) in [6.07, 6.45) is 1.42. The summed E-state index contributed by atoms with van der Waals surface area (Å²) in [6, 6.07) is 14.8. The quantitative estimate of drug-likeness (QED) is 0.650. The number of hydrogen-bond acceptors (Lipinski definition) is 3. The van der Waals surface area contributed by atoms with Crippen LogP contribution in [0.15, 0.2) is 65.3 Å². The molecule has 0 aliphatic rings. The van der Waals surface area contributed by atoms with Gasteiger partial charge in [-0.25, -0.2) is 4.79 Å². The van der Waals surface area contributed by atoms with Gasteiger partial charge in [0.25, 0.3) is 5.91 Å². The Morgan fingerprint density at radius 1 is 1.00 bits per heavy atom. The van der Waals surface area contributed by atoms with Gasteiger partial charge in [0.2, 0.25) is 0 Å². The molecule has 8 heteroatoms. The van der Waals surface area contributed by atoms with E-state index in [1.54, 1.807) is 42.5 Å². The SMILES string of the molecule is O=C(Nc1cccc(Br)c1)c1ccn(C(=O)Nc2ccc(Cl)cc2)n1. The van der Waals surface area contributed by atoms with Crippen molar-refractivity contribution in [2.24, 2.45) is 0 Å².